The zero-order valence-corrected chi connectivity index (χ0v) is 15.9. The summed E-state index contributed by atoms with van der Waals surface area (Å²) in [7, 11) is 0. The topological polar surface area (TPSA) is 73.9 Å². The molecule has 0 radical (unpaired) electrons. The number of carbonyl (C=O) groups excluding carboxylic acids is 2. The van der Waals surface area contributed by atoms with Crippen molar-refractivity contribution in [1.29, 1.82) is 0 Å². The smallest absolute Gasteiger partial charge is 0.331 e. The second-order valence-electron chi connectivity index (χ2n) is 6.53. The molecule has 3 rings (SSSR count). The minimum Gasteiger partial charge on any atom is -0.454 e. The minimum atomic E-state index is -0.597. The molecule has 2 aromatic carbocycles. The summed E-state index contributed by atoms with van der Waals surface area (Å²) in [6.45, 7) is 4.14. The Labute approximate surface area is 164 Å². The predicted molar refractivity (Wildman–Crippen MR) is 106 cm³/mol. The standard InChI is InChI=1S/C22H23NO5/c1-3-15(2)17-6-8-18(9-7-17)23-21(24)13-26-22(25)11-5-16-4-10-19-20(12-16)28-14-27-19/h4-12,15H,3,13-14H2,1-2H3,(H,23,24). The number of hydrogen-bond acceptors (Lipinski definition) is 5. The Morgan fingerprint density at radius 2 is 1.89 bits per heavy atom. The lowest BCUT2D eigenvalue weighted by atomic mass is 9.99. The molecule has 1 aliphatic heterocycles. The van der Waals surface area contributed by atoms with Crippen LogP contribution in [0.3, 0.4) is 0 Å². The SMILES string of the molecule is CCC(C)c1ccc(NC(=O)COC(=O)C=Cc2ccc3c(c2)OCO3)cc1. The van der Waals surface area contributed by atoms with Gasteiger partial charge in [0.05, 0.1) is 0 Å². The van der Waals surface area contributed by atoms with Crippen LogP contribution in [-0.2, 0) is 14.3 Å². The minimum absolute atomic E-state index is 0.194. The van der Waals surface area contributed by atoms with E-state index in [2.05, 4.69) is 19.2 Å². The van der Waals surface area contributed by atoms with Crippen molar-refractivity contribution in [2.45, 2.75) is 26.2 Å². The average molecular weight is 381 g/mol. The van der Waals surface area contributed by atoms with Gasteiger partial charge < -0.3 is 19.5 Å². The van der Waals surface area contributed by atoms with Gasteiger partial charge in [0, 0.05) is 11.8 Å². The maximum atomic E-state index is 12.0. The highest BCUT2D eigenvalue weighted by molar-refractivity contribution is 5.94. The van der Waals surface area contributed by atoms with E-state index in [0.29, 0.717) is 23.1 Å². The summed E-state index contributed by atoms with van der Waals surface area (Å²) in [6.07, 6.45) is 3.92. The monoisotopic (exact) mass is 381 g/mol. The molecule has 0 saturated heterocycles. The lowest BCUT2D eigenvalue weighted by Crippen LogP contribution is -2.20. The third-order valence-electron chi connectivity index (χ3n) is 4.53. The first-order valence-corrected chi connectivity index (χ1v) is 9.19. The summed E-state index contributed by atoms with van der Waals surface area (Å²) in [5.41, 5.74) is 2.66. The zero-order valence-electron chi connectivity index (χ0n) is 15.9. The molecule has 0 saturated carbocycles. The van der Waals surface area contributed by atoms with Gasteiger partial charge in [-0.1, -0.05) is 32.0 Å². The maximum Gasteiger partial charge on any atom is 0.331 e. The molecule has 0 aromatic heterocycles. The van der Waals surface area contributed by atoms with Crippen molar-refractivity contribution in [2.24, 2.45) is 0 Å². The summed E-state index contributed by atoms with van der Waals surface area (Å²) in [6, 6.07) is 13.0. The first-order valence-electron chi connectivity index (χ1n) is 9.19. The molecule has 6 nitrogen and oxygen atoms in total. The van der Waals surface area contributed by atoms with E-state index in [1.54, 1.807) is 24.3 Å². The second-order valence-corrected chi connectivity index (χ2v) is 6.53. The van der Waals surface area contributed by atoms with Gasteiger partial charge >= 0.3 is 5.97 Å². The molecule has 0 fully saturated rings. The number of ether oxygens (including phenoxy) is 3. The third kappa shape index (κ3) is 5.13. The van der Waals surface area contributed by atoms with Gasteiger partial charge in [-0.15, -0.1) is 0 Å². The van der Waals surface area contributed by atoms with Crippen LogP contribution in [0.5, 0.6) is 11.5 Å². The van der Waals surface area contributed by atoms with Gasteiger partial charge in [-0.3, -0.25) is 4.79 Å². The molecule has 0 aliphatic carbocycles. The summed E-state index contributed by atoms with van der Waals surface area (Å²) in [4.78, 5) is 23.8. The third-order valence-corrected chi connectivity index (χ3v) is 4.53. The lowest BCUT2D eigenvalue weighted by Gasteiger charge is -2.10. The molecule has 6 heteroatoms. The van der Waals surface area contributed by atoms with E-state index in [-0.39, 0.29) is 19.3 Å². The quantitative estimate of drug-likeness (QED) is 0.577. The number of esters is 1. The number of fused-ring (bicyclic) bond motifs is 1. The van der Waals surface area contributed by atoms with E-state index in [1.165, 1.54) is 11.6 Å². The molecule has 1 heterocycles. The van der Waals surface area contributed by atoms with E-state index < -0.39 is 5.97 Å². The van der Waals surface area contributed by atoms with Gasteiger partial charge in [0.1, 0.15) is 0 Å². The Morgan fingerprint density at radius 1 is 1.14 bits per heavy atom. The highest BCUT2D eigenvalue weighted by atomic mass is 16.7. The molecular weight excluding hydrogens is 358 g/mol. The second kappa shape index (κ2) is 9.08. The highest BCUT2D eigenvalue weighted by Crippen LogP contribution is 2.32. The van der Waals surface area contributed by atoms with Crippen molar-refractivity contribution in [3.63, 3.8) is 0 Å². The van der Waals surface area contributed by atoms with E-state index in [9.17, 15) is 9.59 Å². The summed E-state index contributed by atoms with van der Waals surface area (Å²) >= 11 is 0. The van der Waals surface area contributed by atoms with Gasteiger partial charge in [0.25, 0.3) is 5.91 Å². The number of carbonyl (C=O) groups is 2. The van der Waals surface area contributed by atoms with Gasteiger partial charge in [0.2, 0.25) is 6.79 Å². The van der Waals surface area contributed by atoms with Crippen LogP contribution in [0.15, 0.2) is 48.5 Å². The average Bonchev–Trinajstić information content (AvgIpc) is 3.18. The molecule has 1 aliphatic rings. The number of nitrogens with one attached hydrogen (secondary N) is 1. The molecule has 1 unspecified atom stereocenters. The Bertz CT molecular complexity index is 873. The van der Waals surface area contributed by atoms with E-state index in [4.69, 9.17) is 14.2 Å². The van der Waals surface area contributed by atoms with Crippen LogP contribution in [0.4, 0.5) is 5.69 Å². The molecule has 0 spiro atoms. The molecular formula is C22H23NO5. The number of rotatable bonds is 7. The van der Waals surface area contributed by atoms with Crippen LogP contribution < -0.4 is 14.8 Å². The first-order chi connectivity index (χ1) is 13.5. The van der Waals surface area contributed by atoms with Crippen LogP contribution in [-0.4, -0.2) is 25.3 Å². The van der Waals surface area contributed by atoms with Gasteiger partial charge in [-0.2, -0.15) is 0 Å². The number of benzene rings is 2. The molecule has 0 bridgehead atoms. The first kappa shape index (κ1) is 19.5. The number of amides is 1. The fourth-order valence-electron chi connectivity index (χ4n) is 2.69. The van der Waals surface area contributed by atoms with E-state index >= 15 is 0 Å². The van der Waals surface area contributed by atoms with Crippen molar-refractivity contribution < 1.29 is 23.8 Å². The largest absolute Gasteiger partial charge is 0.454 e. The summed E-state index contributed by atoms with van der Waals surface area (Å²) < 4.78 is 15.5. The molecule has 28 heavy (non-hydrogen) atoms. The van der Waals surface area contributed by atoms with Gasteiger partial charge in [-0.05, 0) is 53.8 Å². The molecule has 1 N–H and O–H groups in total. The van der Waals surface area contributed by atoms with Crippen molar-refractivity contribution in [3.05, 3.63) is 59.7 Å². The van der Waals surface area contributed by atoms with E-state index in [0.717, 1.165) is 12.0 Å². The van der Waals surface area contributed by atoms with Crippen molar-refractivity contribution in [2.75, 3.05) is 18.7 Å². The number of hydrogen-bond donors (Lipinski definition) is 1. The molecule has 2 aromatic rings. The predicted octanol–water partition coefficient (Wildman–Crippen LogP) is 4.12. The Hall–Kier alpha value is -3.28. The van der Waals surface area contributed by atoms with Crippen LogP contribution >= 0.6 is 0 Å². The zero-order chi connectivity index (χ0) is 19.9. The summed E-state index contributed by atoms with van der Waals surface area (Å²) in [5.74, 6) is 0.797. The lowest BCUT2D eigenvalue weighted by molar-refractivity contribution is -0.142. The van der Waals surface area contributed by atoms with Crippen LogP contribution in [0, 0.1) is 0 Å². The van der Waals surface area contributed by atoms with Crippen LogP contribution in [0.2, 0.25) is 0 Å². The number of anilines is 1. The van der Waals surface area contributed by atoms with Crippen molar-refractivity contribution in [3.8, 4) is 11.5 Å². The van der Waals surface area contributed by atoms with E-state index in [1.807, 2.05) is 24.3 Å². The van der Waals surface area contributed by atoms with Gasteiger partial charge in [0.15, 0.2) is 18.1 Å². The van der Waals surface area contributed by atoms with Crippen molar-refractivity contribution >= 4 is 23.6 Å². The Kier molecular flexibility index (Phi) is 6.32. The molecule has 1 amide bonds. The van der Waals surface area contributed by atoms with Gasteiger partial charge in [-0.25, -0.2) is 4.79 Å². The van der Waals surface area contributed by atoms with Crippen LogP contribution in [0.25, 0.3) is 6.08 Å². The normalized spacial score (nSPS) is 13.4. The van der Waals surface area contributed by atoms with Crippen LogP contribution in [0.1, 0.15) is 37.3 Å². The Morgan fingerprint density at radius 3 is 2.64 bits per heavy atom. The fraction of sp³-hybridized carbons (Fsp3) is 0.273. The highest BCUT2D eigenvalue weighted by Gasteiger charge is 2.12. The molecule has 1 atom stereocenters. The molecule has 146 valence electrons. The Balaban J connectivity index is 1.45. The maximum absolute atomic E-state index is 12.0. The fourth-order valence-corrected chi connectivity index (χ4v) is 2.69. The van der Waals surface area contributed by atoms with Crippen molar-refractivity contribution in [1.82, 2.24) is 0 Å². The summed E-state index contributed by atoms with van der Waals surface area (Å²) in [5, 5.41) is 2.71.